The van der Waals surface area contributed by atoms with E-state index in [4.69, 9.17) is 5.11 Å². The lowest BCUT2D eigenvalue weighted by Crippen LogP contribution is -2.00. The molecule has 2 rings (SSSR count). The van der Waals surface area contributed by atoms with Gasteiger partial charge in [0.2, 0.25) is 11.6 Å². The predicted molar refractivity (Wildman–Crippen MR) is 74.6 cm³/mol. The van der Waals surface area contributed by atoms with Crippen LogP contribution < -0.4 is 0 Å². The van der Waals surface area contributed by atoms with Gasteiger partial charge in [-0.3, -0.25) is 0 Å². The standard InChI is InChI=1S/C16H10F4O3/c1-23-16(22)9-5-2-8(3-6-9)4-7-10-11(17)13(19)15(21)14(20)12(10)18/h2-7,21H,1H3/b7-4+. The van der Waals surface area contributed by atoms with Crippen LogP contribution in [0.5, 0.6) is 5.75 Å². The highest BCUT2D eigenvalue weighted by atomic mass is 19.2. The number of esters is 1. The summed E-state index contributed by atoms with van der Waals surface area (Å²) in [6, 6.07) is 5.73. The minimum atomic E-state index is -1.87. The number of halogens is 4. The fourth-order valence-corrected chi connectivity index (χ4v) is 1.81. The molecule has 3 nitrogen and oxygen atoms in total. The van der Waals surface area contributed by atoms with E-state index in [0.717, 1.165) is 6.08 Å². The third-order valence-electron chi connectivity index (χ3n) is 3.05. The van der Waals surface area contributed by atoms with E-state index in [1.165, 1.54) is 37.5 Å². The molecular formula is C16H10F4O3. The Labute approximate surface area is 128 Å². The largest absolute Gasteiger partial charge is 0.503 e. The summed E-state index contributed by atoms with van der Waals surface area (Å²) in [7, 11) is 1.22. The molecule has 0 aliphatic rings. The van der Waals surface area contributed by atoms with Crippen molar-refractivity contribution in [3.63, 3.8) is 0 Å². The quantitative estimate of drug-likeness (QED) is 0.403. The summed E-state index contributed by atoms with van der Waals surface area (Å²) in [4.78, 5) is 11.3. The maximum Gasteiger partial charge on any atom is 0.337 e. The van der Waals surface area contributed by atoms with Gasteiger partial charge in [-0.25, -0.2) is 13.6 Å². The number of phenolic OH excluding ortho intramolecular Hbond substituents is 1. The summed E-state index contributed by atoms with van der Waals surface area (Å²) in [6.45, 7) is 0. The van der Waals surface area contributed by atoms with Crippen LogP contribution >= 0.6 is 0 Å². The van der Waals surface area contributed by atoms with E-state index in [9.17, 15) is 22.4 Å². The number of carbonyl (C=O) groups excluding carboxylic acids is 1. The predicted octanol–water partition coefficient (Wildman–Crippen LogP) is 3.91. The van der Waals surface area contributed by atoms with Gasteiger partial charge in [0.15, 0.2) is 17.4 Å². The van der Waals surface area contributed by atoms with E-state index < -0.39 is 40.6 Å². The van der Waals surface area contributed by atoms with Gasteiger partial charge >= 0.3 is 5.97 Å². The molecule has 0 aliphatic heterocycles. The molecule has 0 heterocycles. The molecule has 23 heavy (non-hydrogen) atoms. The molecule has 0 amide bonds. The van der Waals surface area contributed by atoms with Crippen LogP contribution in [0, 0.1) is 23.3 Å². The SMILES string of the molecule is COC(=O)c1ccc(/C=C/c2c(F)c(F)c(O)c(F)c2F)cc1. The molecule has 0 spiro atoms. The first-order valence-corrected chi connectivity index (χ1v) is 6.28. The highest BCUT2D eigenvalue weighted by molar-refractivity contribution is 5.89. The molecule has 2 aromatic carbocycles. The lowest BCUT2D eigenvalue weighted by molar-refractivity contribution is 0.0600. The Morgan fingerprint density at radius 1 is 0.957 bits per heavy atom. The number of hydrogen-bond acceptors (Lipinski definition) is 3. The van der Waals surface area contributed by atoms with E-state index in [0.29, 0.717) is 5.56 Å². The van der Waals surface area contributed by atoms with E-state index >= 15 is 0 Å². The maximum absolute atomic E-state index is 13.6. The van der Waals surface area contributed by atoms with Crippen molar-refractivity contribution < 1.29 is 32.2 Å². The Morgan fingerprint density at radius 2 is 1.48 bits per heavy atom. The maximum atomic E-state index is 13.6. The number of phenols is 1. The smallest absolute Gasteiger partial charge is 0.337 e. The van der Waals surface area contributed by atoms with Crippen molar-refractivity contribution in [3.8, 4) is 5.75 Å². The van der Waals surface area contributed by atoms with Gasteiger partial charge in [0.05, 0.1) is 18.2 Å². The topological polar surface area (TPSA) is 46.5 Å². The Balaban J connectivity index is 2.36. The first kappa shape index (κ1) is 16.5. The van der Waals surface area contributed by atoms with Gasteiger partial charge in [-0.2, -0.15) is 8.78 Å². The molecular weight excluding hydrogens is 316 g/mol. The monoisotopic (exact) mass is 326 g/mol. The second kappa shape index (κ2) is 6.51. The van der Waals surface area contributed by atoms with Crippen LogP contribution in [0.3, 0.4) is 0 Å². The zero-order chi connectivity index (χ0) is 17.1. The van der Waals surface area contributed by atoms with Gasteiger partial charge in [-0.15, -0.1) is 0 Å². The summed E-state index contributed by atoms with van der Waals surface area (Å²) in [5, 5.41) is 8.89. The normalized spacial score (nSPS) is 11.0. The molecule has 0 fully saturated rings. The third kappa shape index (κ3) is 3.18. The average Bonchev–Trinajstić information content (AvgIpc) is 2.58. The second-order valence-electron chi connectivity index (χ2n) is 4.47. The number of methoxy groups -OCH3 is 1. The van der Waals surface area contributed by atoms with Crippen molar-refractivity contribution in [1.82, 2.24) is 0 Å². The van der Waals surface area contributed by atoms with Crippen LogP contribution in [0.1, 0.15) is 21.5 Å². The summed E-state index contributed by atoms with van der Waals surface area (Å²) in [6.07, 6.45) is 2.02. The Kier molecular flexibility index (Phi) is 4.68. The van der Waals surface area contributed by atoms with Crippen molar-refractivity contribution in [1.29, 1.82) is 0 Å². The van der Waals surface area contributed by atoms with E-state index in [-0.39, 0.29) is 5.56 Å². The summed E-state index contributed by atoms with van der Waals surface area (Å²) >= 11 is 0. The first-order chi connectivity index (χ1) is 10.9. The molecule has 0 radical (unpaired) electrons. The highest BCUT2D eigenvalue weighted by Crippen LogP contribution is 2.29. The summed E-state index contributed by atoms with van der Waals surface area (Å²) in [5.41, 5.74) is -0.274. The van der Waals surface area contributed by atoms with Gasteiger partial charge in [0.25, 0.3) is 0 Å². The van der Waals surface area contributed by atoms with E-state index in [2.05, 4.69) is 4.74 Å². The molecule has 0 saturated heterocycles. The molecule has 120 valence electrons. The highest BCUT2D eigenvalue weighted by Gasteiger charge is 2.23. The lowest BCUT2D eigenvalue weighted by Gasteiger charge is -2.05. The van der Waals surface area contributed by atoms with Crippen LogP contribution in [-0.2, 0) is 4.74 Å². The fraction of sp³-hybridized carbons (Fsp3) is 0.0625. The van der Waals surface area contributed by atoms with Gasteiger partial charge < -0.3 is 9.84 Å². The van der Waals surface area contributed by atoms with Crippen LogP contribution in [0.15, 0.2) is 24.3 Å². The summed E-state index contributed by atoms with van der Waals surface area (Å²) < 4.78 is 58.1. The van der Waals surface area contributed by atoms with Gasteiger partial charge in [-0.05, 0) is 23.8 Å². The fourth-order valence-electron chi connectivity index (χ4n) is 1.81. The van der Waals surface area contributed by atoms with Gasteiger partial charge in [0, 0.05) is 0 Å². The number of hydrogen-bond donors (Lipinski definition) is 1. The minimum absolute atomic E-state index is 0.267. The lowest BCUT2D eigenvalue weighted by atomic mass is 10.1. The molecule has 2 aromatic rings. The Hall–Kier alpha value is -2.83. The van der Waals surface area contributed by atoms with Crippen LogP contribution in [0.4, 0.5) is 17.6 Å². The molecule has 0 bridgehead atoms. The summed E-state index contributed by atoms with van der Waals surface area (Å²) in [5.74, 6) is -9.42. The van der Waals surface area contributed by atoms with Crippen molar-refractivity contribution in [2.45, 2.75) is 0 Å². The van der Waals surface area contributed by atoms with Crippen molar-refractivity contribution in [2.75, 3.05) is 7.11 Å². The molecule has 0 aliphatic carbocycles. The number of rotatable bonds is 3. The van der Waals surface area contributed by atoms with Crippen molar-refractivity contribution >= 4 is 18.1 Å². The second-order valence-corrected chi connectivity index (χ2v) is 4.47. The zero-order valence-corrected chi connectivity index (χ0v) is 11.7. The molecule has 0 aromatic heterocycles. The van der Waals surface area contributed by atoms with Crippen LogP contribution in [0.2, 0.25) is 0 Å². The molecule has 1 N–H and O–H groups in total. The van der Waals surface area contributed by atoms with Gasteiger partial charge in [-0.1, -0.05) is 18.2 Å². The molecule has 0 saturated carbocycles. The number of benzene rings is 2. The third-order valence-corrected chi connectivity index (χ3v) is 3.05. The number of ether oxygens (including phenoxy) is 1. The molecule has 0 atom stereocenters. The van der Waals surface area contributed by atoms with Crippen molar-refractivity contribution in [2.24, 2.45) is 0 Å². The average molecular weight is 326 g/mol. The first-order valence-electron chi connectivity index (χ1n) is 6.28. The Morgan fingerprint density at radius 3 is 1.96 bits per heavy atom. The van der Waals surface area contributed by atoms with Crippen molar-refractivity contribution in [3.05, 3.63) is 64.2 Å². The van der Waals surface area contributed by atoms with Crippen LogP contribution in [-0.4, -0.2) is 18.2 Å². The van der Waals surface area contributed by atoms with E-state index in [1.54, 1.807) is 0 Å². The van der Waals surface area contributed by atoms with E-state index in [1.807, 2.05) is 0 Å². The molecule has 0 unspecified atom stereocenters. The zero-order valence-electron chi connectivity index (χ0n) is 11.7. The molecule has 7 heteroatoms. The minimum Gasteiger partial charge on any atom is -0.503 e. The van der Waals surface area contributed by atoms with Gasteiger partial charge in [0.1, 0.15) is 0 Å². The Bertz CT molecular complexity index is 754. The number of aromatic hydroxyl groups is 1. The van der Waals surface area contributed by atoms with Crippen LogP contribution in [0.25, 0.3) is 12.2 Å². The number of carbonyl (C=O) groups is 1.